The number of rotatable bonds is 2. The minimum atomic E-state index is 0.305. The Balaban J connectivity index is 2.77. The van der Waals surface area contributed by atoms with Crippen LogP contribution in [0.15, 0.2) is 12.1 Å². The van der Waals surface area contributed by atoms with E-state index in [1.807, 2.05) is 26.0 Å². The molecule has 0 aliphatic carbocycles. The summed E-state index contributed by atoms with van der Waals surface area (Å²) in [4.78, 5) is 0. The van der Waals surface area contributed by atoms with Crippen molar-refractivity contribution in [3.05, 3.63) is 29.3 Å². The van der Waals surface area contributed by atoms with Crippen molar-refractivity contribution < 1.29 is 4.74 Å². The average Bonchev–Trinajstić information content (AvgIpc) is 2.07. The van der Waals surface area contributed by atoms with E-state index in [-0.39, 0.29) is 0 Å². The Morgan fingerprint density at radius 1 is 1.50 bits per heavy atom. The fourth-order valence-corrected chi connectivity index (χ4v) is 0.848. The zero-order chi connectivity index (χ0) is 8.97. The summed E-state index contributed by atoms with van der Waals surface area (Å²) in [7, 11) is 0. The summed E-state index contributed by atoms with van der Waals surface area (Å²) in [5.74, 6) is 3.13. The molecule has 0 saturated carbocycles. The first-order chi connectivity index (χ1) is 5.74. The molecule has 0 aliphatic rings. The van der Waals surface area contributed by atoms with Crippen LogP contribution in [0, 0.1) is 32.3 Å². The second kappa shape index (κ2) is 3.82. The van der Waals surface area contributed by atoms with Gasteiger partial charge in [0, 0.05) is 6.07 Å². The Bertz CT molecular complexity index is 307. The number of aryl methyl sites for hydroxylation is 2. The normalized spacial score (nSPS) is 9.08. The molecule has 1 nitrogen and oxygen atoms in total. The van der Waals surface area contributed by atoms with Crippen molar-refractivity contribution in [3.63, 3.8) is 0 Å². The smallest absolute Gasteiger partial charge is 0.148 e. The lowest BCUT2D eigenvalue weighted by molar-refractivity contribution is 0.369. The molecule has 1 aromatic rings. The summed E-state index contributed by atoms with van der Waals surface area (Å²) < 4.78 is 5.20. The van der Waals surface area contributed by atoms with Gasteiger partial charge in [0.05, 0.1) is 0 Å². The van der Waals surface area contributed by atoms with E-state index in [9.17, 15) is 0 Å². The average molecular weight is 159 g/mol. The molecule has 0 saturated heterocycles. The maximum atomic E-state index is 5.20. The third-order valence-corrected chi connectivity index (χ3v) is 1.71. The SMILES string of the molecule is C#CCOc1[c]cc(C)c(C)c1. The molecule has 0 unspecified atom stereocenters. The highest BCUT2D eigenvalue weighted by Gasteiger charge is 1.95. The van der Waals surface area contributed by atoms with Gasteiger partial charge in [0.2, 0.25) is 0 Å². The van der Waals surface area contributed by atoms with Crippen LogP contribution in [0.3, 0.4) is 0 Å². The summed E-state index contributed by atoms with van der Waals surface area (Å²) in [6.07, 6.45) is 5.06. The van der Waals surface area contributed by atoms with E-state index in [1.165, 1.54) is 11.1 Å². The van der Waals surface area contributed by atoms with Gasteiger partial charge in [-0.3, -0.25) is 0 Å². The van der Waals surface area contributed by atoms with Crippen LogP contribution in [0.25, 0.3) is 0 Å². The molecule has 0 fully saturated rings. The van der Waals surface area contributed by atoms with Crippen LogP contribution >= 0.6 is 0 Å². The lowest BCUT2D eigenvalue weighted by Crippen LogP contribution is -1.94. The minimum absolute atomic E-state index is 0.305. The second-order valence-electron chi connectivity index (χ2n) is 2.66. The van der Waals surface area contributed by atoms with Crippen molar-refractivity contribution in [1.29, 1.82) is 0 Å². The van der Waals surface area contributed by atoms with Gasteiger partial charge in [-0.1, -0.05) is 5.92 Å². The van der Waals surface area contributed by atoms with Gasteiger partial charge in [0.25, 0.3) is 0 Å². The quantitative estimate of drug-likeness (QED) is 0.600. The number of terminal acetylenes is 1. The van der Waals surface area contributed by atoms with Crippen molar-refractivity contribution >= 4 is 0 Å². The summed E-state index contributed by atoms with van der Waals surface area (Å²) >= 11 is 0. The molecule has 0 heterocycles. The van der Waals surface area contributed by atoms with E-state index in [1.54, 1.807) is 0 Å². The van der Waals surface area contributed by atoms with E-state index in [2.05, 4.69) is 12.0 Å². The summed E-state index contributed by atoms with van der Waals surface area (Å²) in [5.41, 5.74) is 2.41. The summed E-state index contributed by atoms with van der Waals surface area (Å²) in [5, 5.41) is 0. The van der Waals surface area contributed by atoms with Gasteiger partial charge in [0.1, 0.15) is 12.4 Å². The molecule has 0 amide bonds. The first-order valence-corrected chi connectivity index (χ1v) is 3.79. The summed E-state index contributed by atoms with van der Waals surface area (Å²) in [6, 6.07) is 6.84. The standard InChI is InChI=1S/C11H11O/c1-4-7-12-11-6-5-9(2)10(3)8-11/h1,5,8H,7H2,2-3H3. The third kappa shape index (κ3) is 2.03. The lowest BCUT2D eigenvalue weighted by Gasteiger charge is -2.04. The molecule has 1 radical (unpaired) electrons. The lowest BCUT2D eigenvalue weighted by atomic mass is 10.1. The van der Waals surface area contributed by atoms with Crippen LogP contribution in [-0.2, 0) is 0 Å². The molecule has 0 bridgehead atoms. The maximum Gasteiger partial charge on any atom is 0.148 e. The summed E-state index contributed by atoms with van der Waals surface area (Å²) in [6.45, 7) is 4.38. The van der Waals surface area contributed by atoms with E-state index >= 15 is 0 Å². The highest BCUT2D eigenvalue weighted by atomic mass is 16.5. The highest BCUT2D eigenvalue weighted by molar-refractivity contribution is 5.32. The van der Waals surface area contributed by atoms with Crippen LogP contribution in [0.4, 0.5) is 0 Å². The Morgan fingerprint density at radius 3 is 2.83 bits per heavy atom. The van der Waals surface area contributed by atoms with Crippen LogP contribution in [-0.4, -0.2) is 6.61 Å². The topological polar surface area (TPSA) is 9.23 Å². The largest absolute Gasteiger partial charge is 0.480 e. The number of hydrogen-bond donors (Lipinski definition) is 0. The van der Waals surface area contributed by atoms with Gasteiger partial charge >= 0.3 is 0 Å². The van der Waals surface area contributed by atoms with Gasteiger partial charge in [0.15, 0.2) is 0 Å². The predicted molar refractivity (Wildman–Crippen MR) is 49.1 cm³/mol. The van der Waals surface area contributed by atoms with E-state index in [0.29, 0.717) is 6.61 Å². The molecule has 1 rings (SSSR count). The first-order valence-electron chi connectivity index (χ1n) is 3.79. The Labute approximate surface area is 73.4 Å². The fourth-order valence-electron chi connectivity index (χ4n) is 0.848. The molecule has 0 N–H and O–H groups in total. The zero-order valence-electron chi connectivity index (χ0n) is 7.35. The monoisotopic (exact) mass is 159 g/mol. The van der Waals surface area contributed by atoms with Crippen molar-refractivity contribution in [2.24, 2.45) is 0 Å². The van der Waals surface area contributed by atoms with E-state index in [4.69, 9.17) is 11.2 Å². The predicted octanol–water partition coefficient (Wildman–Crippen LogP) is 2.12. The van der Waals surface area contributed by atoms with E-state index in [0.717, 1.165) is 5.75 Å². The van der Waals surface area contributed by atoms with Gasteiger partial charge in [-0.2, -0.15) is 0 Å². The molecule has 0 aromatic heterocycles. The second-order valence-corrected chi connectivity index (χ2v) is 2.66. The highest BCUT2D eigenvalue weighted by Crippen LogP contribution is 2.15. The van der Waals surface area contributed by atoms with Crippen molar-refractivity contribution in [2.45, 2.75) is 13.8 Å². The van der Waals surface area contributed by atoms with Crippen LogP contribution < -0.4 is 4.74 Å². The molecular formula is C11H11O. The Morgan fingerprint density at radius 2 is 2.25 bits per heavy atom. The van der Waals surface area contributed by atoms with Crippen molar-refractivity contribution in [2.75, 3.05) is 6.61 Å². The van der Waals surface area contributed by atoms with Crippen LogP contribution in [0.1, 0.15) is 11.1 Å². The van der Waals surface area contributed by atoms with Crippen molar-refractivity contribution in [1.82, 2.24) is 0 Å². The molecule has 12 heavy (non-hydrogen) atoms. The van der Waals surface area contributed by atoms with Gasteiger partial charge in [-0.05, 0) is 37.1 Å². The number of benzene rings is 1. The van der Waals surface area contributed by atoms with Crippen molar-refractivity contribution in [3.8, 4) is 18.1 Å². The molecule has 1 heteroatoms. The fraction of sp³-hybridized carbons (Fsp3) is 0.273. The minimum Gasteiger partial charge on any atom is -0.480 e. The molecule has 1 aromatic carbocycles. The Kier molecular flexibility index (Phi) is 2.76. The van der Waals surface area contributed by atoms with Crippen LogP contribution in [0.5, 0.6) is 5.75 Å². The van der Waals surface area contributed by atoms with Gasteiger partial charge < -0.3 is 4.74 Å². The number of hydrogen-bond acceptors (Lipinski definition) is 1. The first kappa shape index (κ1) is 8.67. The molecular weight excluding hydrogens is 148 g/mol. The molecule has 61 valence electrons. The Hall–Kier alpha value is -1.42. The molecule has 0 spiro atoms. The van der Waals surface area contributed by atoms with E-state index < -0.39 is 0 Å². The molecule has 0 atom stereocenters. The maximum absolute atomic E-state index is 5.20. The van der Waals surface area contributed by atoms with Crippen LogP contribution in [0.2, 0.25) is 0 Å². The molecule has 0 aliphatic heterocycles. The third-order valence-electron chi connectivity index (χ3n) is 1.71. The number of ether oxygens (including phenoxy) is 1. The van der Waals surface area contributed by atoms with Gasteiger partial charge in [-0.25, -0.2) is 0 Å². The zero-order valence-corrected chi connectivity index (χ0v) is 7.35. The van der Waals surface area contributed by atoms with Gasteiger partial charge in [-0.15, -0.1) is 6.42 Å².